The van der Waals surface area contributed by atoms with Crippen LogP contribution in [-0.2, 0) is 12.0 Å². The van der Waals surface area contributed by atoms with Crippen molar-refractivity contribution in [3.63, 3.8) is 0 Å². The molecule has 0 saturated heterocycles. The average molecular weight is 293 g/mol. The summed E-state index contributed by atoms with van der Waals surface area (Å²) in [7, 11) is 2.20. The standard InChI is InChI=1S/C16H27N3S/c1-16(2,3)14-13(9-17-12-7-8-12)20-15(18-14)19(4)10-11-5-6-11/h11-12,17H,5-10H2,1-4H3. The zero-order valence-corrected chi connectivity index (χ0v) is 14.0. The Bertz CT molecular complexity index is 467. The molecule has 0 amide bonds. The zero-order chi connectivity index (χ0) is 14.3. The first-order chi connectivity index (χ1) is 9.43. The Balaban J connectivity index is 1.75. The summed E-state index contributed by atoms with van der Waals surface area (Å²) in [4.78, 5) is 8.76. The van der Waals surface area contributed by atoms with Crippen LogP contribution in [0.4, 0.5) is 5.13 Å². The normalized spacial score (nSPS) is 19.4. The molecular weight excluding hydrogens is 266 g/mol. The molecule has 3 rings (SSSR count). The van der Waals surface area contributed by atoms with Crippen LogP contribution in [0.5, 0.6) is 0 Å². The van der Waals surface area contributed by atoms with Gasteiger partial charge >= 0.3 is 0 Å². The van der Waals surface area contributed by atoms with Gasteiger partial charge in [-0.25, -0.2) is 4.98 Å². The van der Waals surface area contributed by atoms with Crippen LogP contribution in [0.2, 0.25) is 0 Å². The van der Waals surface area contributed by atoms with Crippen molar-refractivity contribution in [3.8, 4) is 0 Å². The third-order valence-electron chi connectivity index (χ3n) is 4.08. The van der Waals surface area contributed by atoms with Gasteiger partial charge < -0.3 is 10.2 Å². The molecule has 2 aliphatic rings. The van der Waals surface area contributed by atoms with Crippen molar-refractivity contribution >= 4 is 16.5 Å². The number of rotatable bonds is 6. The van der Waals surface area contributed by atoms with Gasteiger partial charge in [0.2, 0.25) is 0 Å². The second-order valence-corrected chi connectivity index (χ2v) is 8.56. The summed E-state index contributed by atoms with van der Waals surface area (Å²) in [6.07, 6.45) is 5.49. The molecule has 0 radical (unpaired) electrons. The largest absolute Gasteiger partial charge is 0.351 e. The summed E-state index contributed by atoms with van der Waals surface area (Å²) >= 11 is 1.89. The number of hydrogen-bond acceptors (Lipinski definition) is 4. The van der Waals surface area contributed by atoms with E-state index < -0.39 is 0 Å². The van der Waals surface area contributed by atoms with Crippen molar-refractivity contribution in [2.75, 3.05) is 18.5 Å². The predicted octanol–water partition coefficient (Wildman–Crippen LogP) is 3.54. The third kappa shape index (κ3) is 3.53. The molecule has 0 bridgehead atoms. The van der Waals surface area contributed by atoms with E-state index in [1.54, 1.807) is 0 Å². The fourth-order valence-electron chi connectivity index (χ4n) is 2.50. The van der Waals surface area contributed by atoms with E-state index in [0.29, 0.717) is 0 Å². The third-order valence-corrected chi connectivity index (χ3v) is 5.25. The Morgan fingerprint density at radius 2 is 1.95 bits per heavy atom. The van der Waals surface area contributed by atoms with Gasteiger partial charge in [-0.05, 0) is 31.6 Å². The molecule has 20 heavy (non-hydrogen) atoms. The first-order valence-corrected chi connectivity index (χ1v) is 8.70. The first-order valence-electron chi connectivity index (χ1n) is 7.88. The minimum atomic E-state index is 0.135. The zero-order valence-electron chi connectivity index (χ0n) is 13.2. The second kappa shape index (κ2) is 5.30. The highest BCUT2D eigenvalue weighted by Gasteiger charge is 2.28. The molecule has 2 aliphatic carbocycles. The van der Waals surface area contributed by atoms with E-state index in [2.05, 4.69) is 38.0 Å². The van der Waals surface area contributed by atoms with Gasteiger partial charge in [-0.1, -0.05) is 20.8 Å². The lowest BCUT2D eigenvalue weighted by Gasteiger charge is -2.18. The van der Waals surface area contributed by atoms with Crippen LogP contribution in [-0.4, -0.2) is 24.6 Å². The van der Waals surface area contributed by atoms with E-state index >= 15 is 0 Å². The van der Waals surface area contributed by atoms with Crippen molar-refractivity contribution in [2.24, 2.45) is 5.92 Å². The van der Waals surface area contributed by atoms with Gasteiger partial charge in [-0.2, -0.15) is 0 Å². The van der Waals surface area contributed by atoms with Gasteiger partial charge in [0.05, 0.1) is 5.69 Å². The quantitative estimate of drug-likeness (QED) is 0.869. The van der Waals surface area contributed by atoms with Crippen LogP contribution in [0.3, 0.4) is 0 Å². The molecule has 3 nitrogen and oxygen atoms in total. The maximum atomic E-state index is 4.97. The molecular formula is C16H27N3S. The molecule has 2 fully saturated rings. The summed E-state index contributed by atoms with van der Waals surface area (Å²) in [5.74, 6) is 0.912. The van der Waals surface area contributed by atoms with Gasteiger partial charge in [0.15, 0.2) is 5.13 Å². The van der Waals surface area contributed by atoms with Crippen molar-refractivity contribution in [1.82, 2.24) is 10.3 Å². The predicted molar refractivity (Wildman–Crippen MR) is 86.7 cm³/mol. The SMILES string of the molecule is CN(CC1CC1)c1nc(C(C)(C)C)c(CNC2CC2)s1. The fourth-order valence-corrected chi connectivity index (χ4v) is 3.69. The molecule has 0 aliphatic heterocycles. The Kier molecular flexibility index (Phi) is 3.80. The smallest absolute Gasteiger partial charge is 0.185 e. The fraction of sp³-hybridized carbons (Fsp3) is 0.812. The number of anilines is 1. The summed E-state index contributed by atoms with van der Waals surface area (Å²) in [5, 5.41) is 4.85. The molecule has 1 N–H and O–H groups in total. The minimum absolute atomic E-state index is 0.135. The lowest BCUT2D eigenvalue weighted by Crippen LogP contribution is -2.21. The van der Waals surface area contributed by atoms with Gasteiger partial charge in [0.1, 0.15) is 0 Å². The van der Waals surface area contributed by atoms with Gasteiger partial charge in [-0.3, -0.25) is 0 Å². The van der Waals surface area contributed by atoms with E-state index in [4.69, 9.17) is 4.98 Å². The van der Waals surface area contributed by atoms with Crippen LogP contribution >= 0.6 is 11.3 Å². The molecule has 0 spiro atoms. The second-order valence-electron chi connectivity index (χ2n) is 7.50. The molecule has 4 heteroatoms. The van der Waals surface area contributed by atoms with E-state index in [1.165, 1.54) is 47.9 Å². The van der Waals surface area contributed by atoms with Crippen molar-refractivity contribution < 1.29 is 0 Å². The summed E-state index contributed by atoms with van der Waals surface area (Å²) in [6, 6.07) is 0.762. The first kappa shape index (κ1) is 14.3. The van der Waals surface area contributed by atoms with Crippen molar-refractivity contribution in [3.05, 3.63) is 10.6 Å². The van der Waals surface area contributed by atoms with Crippen LogP contribution in [0.25, 0.3) is 0 Å². The summed E-state index contributed by atoms with van der Waals surface area (Å²) in [6.45, 7) is 8.98. The van der Waals surface area contributed by atoms with Crippen LogP contribution in [0.15, 0.2) is 0 Å². The summed E-state index contributed by atoms with van der Waals surface area (Å²) in [5.41, 5.74) is 1.42. The molecule has 1 aromatic rings. The molecule has 2 saturated carbocycles. The number of nitrogens with one attached hydrogen (secondary N) is 1. The molecule has 0 aromatic carbocycles. The molecule has 0 atom stereocenters. The number of thiazole rings is 1. The van der Waals surface area contributed by atoms with Gasteiger partial charge in [0.25, 0.3) is 0 Å². The number of nitrogens with zero attached hydrogens (tertiary/aromatic N) is 2. The lowest BCUT2D eigenvalue weighted by molar-refractivity contribution is 0.558. The average Bonchev–Trinajstić information content (AvgIpc) is 3.26. The van der Waals surface area contributed by atoms with Gasteiger partial charge in [0, 0.05) is 36.5 Å². The molecule has 1 aromatic heterocycles. The highest BCUT2D eigenvalue weighted by molar-refractivity contribution is 7.15. The summed E-state index contributed by atoms with van der Waals surface area (Å²) < 4.78 is 0. The Morgan fingerprint density at radius 1 is 1.25 bits per heavy atom. The topological polar surface area (TPSA) is 28.2 Å². The van der Waals surface area contributed by atoms with E-state index in [0.717, 1.165) is 18.5 Å². The van der Waals surface area contributed by atoms with E-state index in [-0.39, 0.29) is 5.41 Å². The Morgan fingerprint density at radius 3 is 2.50 bits per heavy atom. The highest BCUT2D eigenvalue weighted by Crippen LogP contribution is 2.36. The van der Waals surface area contributed by atoms with Crippen LogP contribution < -0.4 is 10.2 Å². The minimum Gasteiger partial charge on any atom is -0.351 e. The highest BCUT2D eigenvalue weighted by atomic mass is 32.1. The molecule has 0 unspecified atom stereocenters. The number of aromatic nitrogens is 1. The van der Waals surface area contributed by atoms with Crippen molar-refractivity contribution in [1.29, 1.82) is 0 Å². The molecule has 112 valence electrons. The lowest BCUT2D eigenvalue weighted by atomic mass is 9.91. The van der Waals surface area contributed by atoms with Crippen LogP contribution in [0.1, 0.15) is 57.0 Å². The van der Waals surface area contributed by atoms with E-state index in [1.807, 2.05) is 11.3 Å². The Labute approximate surface area is 126 Å². The maximum Gasteiger partial charge on any atom is 0.185 e. The van der Waals surface area contributed by atoms with Gasteiger partial charge in [-0.15, -0.1) is 11.3 Å². The van der Waals surface area contributed by atoms with E-state index in [9.17, 15) is 0 Å². The molecule has 1 heterocycles. The van der Waals surface area contributed by atoms with Crippen molar-refractivity contribution in [2.45, 2.75) is 64.5 Å². The van der Waals surface area contributed by atoms with Crippen LogP contribution in [0, 0.1) is 5.92 Å². The monoisotopic (exact) mass is 293 g/mol. The Hall–Kier alpha value is -0.610. The number of hydrogen-bond donors (Lipinski definition) is 1. The maximum absolute atomic E-state index is 4.97.